The smallest absolute Gasteiger partial charge is 0.254 e. The lowest BCUT2D eigenvalue weighted by molar-refractivity contribution is 0.0790. The second-order valence-electron chi connectivity index (χ2n) is 7.37. The molecule has 0 radical (unpaired) electrons. The van der Waals surface area contributed by atoms with Crippen LogP contribution < -0.4 is 14.2 Å². The molecule has 5 nitrogen and oxygen atoms in total. The number of amides is 1. The Morgan fingerprint density at radius 3 is 2.34 bits per heavy atom. The predicted molar refractivity (Wildman–Crippen MR) is 114 cm³/mol. The van der Waals surface area contributed by atoms with Crippen LogP contribution in [0.4, 0.5) is 0 Å². The van der Waals surface area contributed by atoms with Gasteiger partial charge in [0, 0.05) is 24.6 Å². The quantitative estimate of drug-likeness (QED) is 0.604. The van der Waals surface area contributed by atoms with E-state index in [0.29, 0.717) is 36.2 Å². The minimum absolute atomic E-state index is 0.0457. The van der Waals surface area contributed by atoms with Gasteiger partial charge in [-0.2, -0.15) is 0 Å². The normalized spacial score (nSPS) is 16.0. The maximum Gasteiger partial charge on any atom is 0.254 e. The average Bonchev–Trinajstić information content (AvgIpc) is 3.26. The van der Waals surface area contributed by atoms with E-state index in [4.69, 9.17) is 14.2 Å². The van der Waals surface area contributed by atoms with Gasteiger partial charge in [0.05, 0.1) is 20.3 Å². The molecule has 1 unspecified atom stereocenters. The van der Waals surface area contributed by atoms with Crippen LogP contribution in [-0.2, 0) is 0 Å². The van der Waals surface area contributed by atoms with Gasteiger partial charge in [-0.3, -0.25) is 4.79 Å². The van der Waals surface area contributed by atoms with Crippen LogP contribution in [0.1, 0.15) is 54.9 Å². The molecule has 3 rings (SSSR count). The van der Waals surface area contributed by atoms with Gasteiger partial charge in [-0.1, -0.05) is 26.0 Å². The molecular formula is C24H31NO4. The number of ether oxygens (including phenoxy) is 3. The first-order valence-corrected chi connectivity index (χ1v) is 10.5. The molecule has 156 valence electrons. The Hall–Kier alpha value is -2.69. The van der Waals surface area contributed by atoms with Crippen LogP contribution >= 0.6 is 0 Å². The molecule has 1 amide bonds. The SMILES string of the molecule is CCCOc1ccc(C(=O)N2CCC(c3ccc(OC)cc3)C2)cc1OCCC. The van der Waals surface area contributed by atoms with Crippen molar-refractivity contribution in [3.05, 3.63) is 53.6 Å². The minimum atomic E-state index is 0.0457. The molecule has 1 aliphatic rings. The van der Waals surface area contributed by atoms with E-state index in [1.165, 1.54) is 5.56 Å². The zero-order chi connectivity index (χ0) is 20.6. The van der Waals surface area contributed by atoms with Crippen molar-refractivity contribution < 1.29 is 19.0 Å². The number of nitrogens with zero attached hydrogens (tertiary/aromatic N) is 1. The Labute approximate surface area is 173 Å². The van der Waals surface area contributed by atoms with Gasteiger partial charge in [0.25, 0.3) is 5.91 Å². The maximum absolute atomic E-state index is 13.1. The molecule has 2 aromatic carbocycles. The lowest BCUT2D eigenvalue weighted by atomic mass is 9.98. The van der Waals surface area contributed by atoms with Crippen molar-refractivity contribution in [3.8, 4) is 17.2 Å². The summed E-state index contributed by atoms with van der Waals surface area (Å²) in [6.45, 7) is 6.84. The Bertz CT molecular complexity index is 803. The molecule has 0 saturated carbocycles. The maximum atomic E-state index is 13.1. The van der Waals surface area contributed by atoms with Gasteiger partial charge in [0.1, 0.15) is 5.75 Å². The Kier molecular flexibility index (Phi) is 7.39. The topological polar surface area (TPSA) is 48.0 Å². The number of methoxy groups -OCH3 is 1. The number of benzene rings is 2. The summed E-state index contributed by atoms with van der Waals surface area (Å²) in [5, 5.41) is 0. The molecular weight excluding hydrogens is 366 g/mol. The van der Waals surface area contributed by atoms with Crippen LogP contribution in [-0.4, -0.2) is 44.2 Å². The average molecular weight is 398 g/mol. The first kappa shape index (κ1) is 21.0. The molecule has 2 aromatic rings. The zero-order valence-corrected chi connectivity index (χ0v) is 17.6. The van der Waals surface area contributed by atoms with Crippen molar-refractivity contribution in [1.82, 2.24) is 4.90 Å². The van der Waals surface area contributed by atoms with E-state index in [2.05, 4.69) is 26.0 Å². The van der Waals surface area contributed by atoms with Crippen molar-refractivity contribution >= 4 is 5.91 Å². The third kappa shape index (κ3) is 5.22. The standard InChI is InChI=1S/C24H31NO4/c1-4-14-28-22-11-8-19(16-23(22)29-15-5-2)24(26)25-13-12-20(17-25)18-6-9-21(27-3)10-7-18/h6-11,16,20H,4-5,12-15,17H2,1-3H3. The summed E-state index contributed by atoms with van der Waals surface area (Å²) >= 11 is 0. The van der Waals surface area contributed by atoms with Crippen molar-refractivity contribution in [2.24, 2.45) is 0 Å². The summed E-state index contributed by atoms with van der Waals surface area (Å²) in [5.41, 5.74) is 1.90. The third-order valence-electron chi connectivity index (χ3n) is 5.18. The van der Waals surface area contributed by atoms with Crippen LogP contribution in [0.2, 0.25) is 0 Å². The summed E-state index contributed by atoms with van der Waals surface area (Å²) in [6, 6.07) is 13.7. The molecule has 29 heavy (non-hydrogen) atoms. The monoisotopic (exact) mass is 397 g/mol. The van der Waals surface area contributed by atoms with Crippen LogP contribution in [0, 0.1) is 0 Å². The minimum Gasteiger partial charge on any atom is -0.497 e. The molecule has 1 atom stereocenters. The van der Waals surface area contributed by atoms with Crippen molar-refractivity contribution in [2.75, 3.05) is 33.4 Å². The van der Waals surface area contributed by atoms with Crippen molar-refractivity contribution in [1.29, 1.82) is 0 Å². The molecule has 0 aliphatic carbocycles. The highest BCUT2D eigenvalue weighted by molar-refractivity contribution is 5.95. The van der Waals surface area contributed by atoms with E-state index in [1.54, 1.807) is 7.11 Å². The van der Waals surface area contributed by atoms with Gasteiger partial charge in [-0.25, -0.2) is 0 Å². The predicted octanol–water partition coefficient (Wildman–Crippen LogP) is 4.90. The first-order chi connectivity index (χ1) is 14.2. The van der Waals surface area contributed by atoms with Gasteiger partial charge >= 0.3 is 0 Å². The Morgan fingerprint density at radius 2 is 1.69 bits per heavy atom. The fraction of sp³-hybridized carbons (Fsp3) is 0.458. The lowest BCUT2D eigenvalue weighted by Gasteiger charge is -2.19. The Balaban J connectivity index is 1.70. The van der Waals surface area contributed by atoms with E-state index >= 15 is 0 Å². The van der Waals surface area contributed by atoms with Crippen LogP contribution in [0.15, 0.2) is 42.5 Å². The second-order valence-corrected chi connectivity index (χ2v) is 7.37. The summed E-state index contributed by atoms with van der Waals surface area (Å²) in [4.78, 5) is 15.0. The van der Waals surface area contributed by atoms with Crippen molar-refractivity contribution in [3.63, 3.8) is 0 Å². The molecule has 0 spiro atoms. The number of carbonyl (C=O) groups is 1. The van der Waals surface area contributed by atoms with Crippen LogP contribution in [0.25, 0.3) is 0 Å². The van der Waals surface area contributed by atoms with Crippen LogP contribution in [0.3, 0.4) is 0 Å². The highest BCUT2D eigenvalue weighted by atomic mass is 16.5. The molecule has 0 N–H and O–H groups in total. The van der Waals surface area contributed by atoms with Gasteiger partial charge in [-0.05, 0) is 55.2 Å². The molecule has 0 aromatic heterocycles. The Morgan fingerprint density at radius 1 is 1.00 bits per heavy atom. The highest BCUT2D eigenvalue weighted by Gasteiger charge is 2.28. The number of rotatable bonds is 9. The first-order valence-electron chi connectivity index (χ1n) is 10.5. The summed E-state index contributed by atoms with van der Waals surface area (Å²) in [6.07, 6.45) is 2.80. The largest absolute Gasteiger partial charge is 0.497 e. The zero-order valence-electron chi connectivity index (χ0n) is 17.6. The van der Waals surface area contributed by atoms with E-state index in [1.807, 2.05) is 35.2 Å². The summed E-state index contributed by atoms with van der Waals surface area (Å²) in [7, 11) is 1.67. The molecule has 1 fully saturated rings. The summed E-state index contributed by atoms with van der Waals surface area (Å²) in [5.74, 6) is 2.60. The molecule has 0 bridgehead atoms. The molecule has 1 heterocycles. The third-order valence-corrected chi connectivity index (χ3v) is 5.18. The number of hydrogen-bond donors (Lipinski definition) is 0. The number of hydrogen-bond acceptors (Lipinski definition) is 4. The van der Waals surface area contributed by atoms with Gasteiger partial charge in [0.15, 0.2) is 11.5 Å². The van der Waals surface area contributed by atoms with Crippen molar-refractivity contribution in [2.45, 2.75) is 39.0 Å². The fourth-order valence-corrected chi connectivity index (χ4v) is 3.57. The van der Waals surface area contributed by atoms with E-state index in [9.17, 15) is 4.79 Å². The van der Waals surface area contributed by atoms with Gasteiger partial charge in [-0.15, -0.1) is 0 Å². The molecule has 1 saturated heterocycles. The second kappa shape index (κ2) is 10.2. The molecule has 5 heteroatoms. The number of likely N-dealkylation sites (tertiary alicyclic amines) is 1. The lowest BCUT2D eigenvalue weighted by Crippen LogP contribution is -2.28. The fourth-order valence-electron chi connectivity index (χ4n) is 3.57. The molecule has 1 aliphatic heterocycles. The van der Waals surface area contributed by atoms with Gasteiger partial charge < -0.3 is 19.1 Å². The van der Waals surface area contributed by atoms with E-state index in [0.717, 1.165) is 38.1 Å². The highest BCUT2D eigenvalue weighted by Crippen LogP contribution is 2.32. The summed E-state index contributed by atoms with van der Waals surface area (Å²) < 4.78 is 16.9. The van der Waals surface area contributed by atoms with Crippen LogP contribution in [0.5, 0.6) is 17.2 Å². The van der Waals surface area contributed by atoms with E-state index in [-0.39, 0.29) is 5.91 Å². The van der Waals surface area contributed by atoms with E-state index < -0.39 is 0 Å². The number of carbonyl (C=O) groups excluding carboxylic acids is 1. The van der Waals surface area contributed by atoms with Gasteiger partial charge in [0.2, 0.25) is 0 Å².